The number of hydrogen-bond donors (Lipinski definition) is 1. The van der Waals surface area contributed by atoms with E-state index < -0.39 is 0 Å². The maximum atomic E-state index is 4.46. The Balaban J connectivity index is 1.54. The molecule has 0 atom stereocenters. The lowest BCUT2D eigenvalue weighted by atomic mass is 9.98. The molecule has 0 aliphatic heterocycles. The number of imidazole rings is 1. The third-order valence-corrected chi connectivity index (χ3v) is 4.60. The zero-order chi connectivity index (χ0) is 12.8. The minimum Gasteiger partial charge on any atom is -0.368 e. The molecular weight excluding hydrogens is 236 g/mol. The molecule has 0 bridgehead atoms. The molecule has 2 saturated carbocycles. The van der Waals surface area contributed by atoms with Gasteiger partial charge >= 0.3 is 0 Å². The first kappa shape index (κ1) is 11.3. The molecule has 0 radical (unpaired) electrons. The second-order valence-electron chi connectivity index (χ2n) is 6.10. The number of aryl methyl sites for hydroxylation is 1. The van der Waals surface area contributed by atoms with E-state index in [1.807, 2.05) is 30.2 Å². The predicted molar refractivity (Wildman–Crippen MR) is 75.9 cm³/mol. The van der Waals surface area contributed by atoms with Crippen LogP contribution in [-0.4, -0.2) is 21.1 Å². The van der Waals surface area contributed by atoms with Gasteiger partial charge in [0.1, 0.15) is 5.52 Å². The number of aromatic nitrogens is 3. The van der Waals surface area contributed by atoms with Crippen LogP contribution in [0.2, 0.25) is 0 Å². The Bertz CT molecular complexity index is 583. The van der Waals surface area contributed by atoms with Crippen LogP contribution < -0.4 is 5.32 Å². The molecule has 0 spiro atoms. The molecule has 2 aromatic rings. The van der Waals surface area contributed by atoms with E-state index in [-0.39, 0.29) is 0 Å². The minimum atomic E-state index is 0.862. The van der Waals surface area contributed by atoms with E-state index in [2.05, 4.69) is 15.3 Å². The van der Waals surface area contributed by atoms with Crippen LogP contribution in [0.25, 0.3) is 11.0 Å². The third-order valence-electron chi connectivity index (χ3n) is 4.60. The second-order valence-corrected chi connectivity index (χ2v) is 6.10. The van der Waals surface area contributed by atoms with Gasteiger partial charge in [0.05, 0.1) is 11.8 Å². The third kappa shape index (κ3) is 2.09. The first-order valence-electron chi connectivity index (χ1n) is 7.33. The summed E-state index contributed by atoms with van der Waals surface area (Å²) in [5.74, 6) is 3.76. The molecule has 100 valence electrons. The molecule has 2 aliphatic rings. The van der Waals surface area contributed by atoms with Crippen molar-refractivity contribution in [3.8, 4) is 0 Å². The molecule has 1 N–H and O–H groups in total. The normalized spacial score (nSPS) is 19.3. The van der Waals surface area contributed by atoms with E-state index in [9.17, 15) is 0 Å². The summed E-state index contributed by atoms with van der Waals surface area (Å²) in [6.07, 6.45) is 9.47. The van der Waals surface area contributed by atoms with E-state index in [4.69, 9.17) is 0 Å². The fraction of sp³-hybridized carbons (Fsp3) is 0.600. The van der Waals surface area contributed by atoms with Crippen LogP contribution in [0.4, 0.5) is 5.82 Å². The van der Waals surface area contributed by atoms with E-state index in [0.717, 1.165) is 41.1 Å². The molecular formula is C15H20N4. The summed E-state index contributed by atoms with van der Waals surface area (Å²) in [6, 6.07) is 2.02. The van der Waals surface area contributed by atoms with Gasteiger partial charge in [-0.2, -0.15) is 0 Å². The van der Waals surface area contributed by atoms with Gasteiger partial charge in [-0.1, -0.05) is 0 Å². The minimum absolute atomic E-state index is 0.862. The van der Waals surface area contributed by atoms with Gasteiger partial charge in [-0.3, -0.25) is 0 Å². The Morgan fingerprint density at radius 3 is 2.68 bits per heavy atom. The number of rotatable bonds is 5. The maximum Gasteiger partial charge on any atom is 0.154 e. The molecule has 4 rings (SSSR count). The number of nitrogens with one attached hydrogen (secondary N) is 1. The van der Waals surface area contributed by atoms with E-state index in [1.54, 1.807) is 0 Å². The van der Waals surface area contributed by atoms with Crippen molar-refractivity contribution in [1.29, 1.82) is 0 Å². The molecule has 2 fully saturated rings. The van der Waals surface area contributed by atoms with Crippen molar-refractivity contribution in [2.24, 2.45) is 24.8 Å². The van der Waals surface area contributed by atoms with Gasteiger partial charge in [0.2, 0.25) is 0 Å². The van der Waals surface area contributed by atoms with Crippen LogP contribution in [0.3, 0.4) is 0 Å². The lowest BCUT2D eigenvalue weighted by molar-refractivity contribution is 0.428. The highest BCUT2D eigenvalue weighted by molar-refractivity contribution is 5.85. The maximum absolute atomic E-state index is 4.46. The fourth-order valence-corrected chi connectivity index (χ4v) is 3.17. The average molecular weight is 256 g/mol. The number of nitrogens with zero attached hydrogens (tertiary/aromatic N) is 3. The largest absolute Gasteiger partial charge is 0.368 e. The highest BCUT2D eigenvalue weighted by Crippen LogP contribution is 2.49. The number of fused-ring (bicyclic) bond motifs is 1. The van der Waals surface area contributed by atoms with Gasteiger partial charge in [-0.05, 0) is 49.5 Å². The summed E-state index contributed by atoms with van der Waals surface area (Å²) in [6.45, 7) is 1.07. The van der Waals surface area contributed by atoms with Crippen LogP contribution in [0.5, 0.6) is 0 Å². The monoisotopic (exact) mass is 256 g/mol. The van der Waals surface area contributed by atoms with Crippen LogP contribution in [0.1, 0.15) is 25.7 Å². The van der Waals surface area contributed by atoms with Gasteiger partial charge in [-0.25, -0.2) is 9.97 Å². The van der Waals surface area contributed by atoms with Gasteiger partial charge in [0.15, 0.2) is 5.82 Å². The van der Waals surface area contributed by atoms with E-state index in [0.29, 0.717) is 0 Å². The zero-order valence-corrected chi connectivity index (χ0v) is 11.3. The Hall–Kier alpha value is -1.58. The van der Waals surface area contributed by atoms with E-state index in [1.165, 1.54) is 25.7 Å². The van der Waals surface area contributed by atoms with Crippen molar-refractivity contribution in [2.45, 2.75) is 25.7 Å². The molecule has 0 unspecified atom stereocenters. The first-order valence-corrected chi connectivity index (χ1v) is 7.33. The summed E-state index contributed by atoms with van der Waals surface area (Å²) in [5, 5.41) is 3.56. The highest BCUT2D eigenvalue weighted by atomic mass is 15.1. The molecule has 2 aromatic heterocycles. The second kappa shape index (κ2) is 4.22. The number of pyridine rings is 1. The molecule has 2 aliphatic carbocycles. The van der Waals surface area contributed by atoms with Crippen LogP contribution in [-0.2, 0) is 7.05 Å². The zero-order valence-electron chi connectivity index (χ0n) is 11.3. The van der Waals surface area contributed by atoms with Crippen molar-refractivity contribution in [3.05, 3.63) is 18.6 Å². The lowest BCUT2D eigenvalue weighted by Gasteiger charge is -2.16. The first-order chi connectivity index (χ1) is 9.33. The van der Waals surface area contributed by atoms with E-state index >= 15 is 0 Å². The van der Waals surface area contributed by atoms with Crippen molar-refractivity contribution < 1.29 is 0 Å². The smallest absolute Gasteiger partial charge is 0.154 e. The quantitative estimate of drug-likeness (QED) is 0.894. The summed E-state index contributed by atoms with van der Waals surface area (Å²) < 4.78 is 2.04. The van der Waals surface area contributed by atoms with Gasteiger partial charge in [0, 0.05) is 19.8 Å². The number of anilines is 1. The SMILES string of the molecule is Cn1cnc2c(NCC(C3CC3)C3CC3)nccc21. The van der Waals surface area contributed by atoms with Crippen molar-refractivity contribution in [3.63, 3.8) is 0 Å². The highest BCUT2D eigenvalue weighted by Gasteiger charge is 2.41. The van der Waals surface area contributed by atoms with Gasteiger partial charge in [0.25, 0.3) is 0 Å². The molecule has 4 nitrogen and oxygen atoms in total. The molecule has 19 heavy (non-hydrogen) atoms. The topological polar surface area (TPSA) is 42.7 Å². The fourth-order valence-electron chi connectivity index (χ4n) is 3.17. The molecule has 0 saturated heterocycles. The molecule has 2 heterocycles. The van der Waals surface area contributed by atoms with Crippen LogP contribution in [0.15, 0.2) is 18.6 Å². The summed E-state index contributed by atoms with van der Waals surface area (Å²) >= 11 is 0. The summed E-state index contributed by atoms with van der Waals surface area (Å²) in [4.78, 5) is 8.92. The predicted octanol–water partition coefficient (Wildman–Crippen LogP) is 2.82. The Labute approximate surface area is 113 Å². The molecule has 0 amide bonds. The molecule has 4 heteroatoms. The Morgan fingerprint density at radius 2 is 2.00 bits per heavy atom. The standard InChI is InChI=1S/C15H20N4/c1-19-9-18-14-13(19)6-7-16-15(14)17-8-12(10-2-3-10)11-4-5-11/h6-7,9-12H,2-5,8H2,1H3,(H,16,17). The Kier molecular flexibility index (Phi) is 2.50. The van der Waals surface area contributed by atoms with Crippen molar-refractivity contribution in [1.82, 2.24) is 14.5 Å². The van der Waals surface area contributed by atoms with Crippen LogP contribution >= 0.6 is 0 Å². The summed E-state index contributed by atoms with van der Waals surface area (Å²) in [7, 11) is 2.02. The lowest BCUT2D eigenvalue weighted by Crippen LogP contribution is -2.18. The van der Waals surface area contributed by atoms with Crippen molar-refractivity contribution in [2.75, 3.05) is 11.9 Å². The number of hydrogen-bond acceptors (Lipinski definition) is 3. The average Bonchev–Trinajstić information content (AvgIpc) is 3.32. The van der Waals surface area contributed by atoms with Crippen LogP contribution in [0, 0.1) is 17.8 Å². The van der Waals surface area contributed by atoms with Gasteiger partial charge < -0.3 is 9.88 Å². The van der Waals surface area contributed by atoms with Crippen molar-refractivity contribution >= 4 is 16.9 Å². The van der Waals surface area contributed by atoms with Gasteiger partial charge in [-0.15, -0.1) is 0 Å². The summed E-state index contributed by atoms with van der Waals surface area (Å²) in [5.41, 5.74) is 2.14. The Morgan fingerprint density at radius 1 is 1.26 bits per heavy atom. The molecule has 0 aromatic carbocycles.